The summed E-state index contributed by atoms with van der Waals surface area (Å²) < 4.78 is 7.26. The Bertz CT molecular complexity index is 1110. The van der Waals surface area contributed by atoms with Crippen LogP contribution in [-0.4, -0.2) is 69.8 Å². The molecule has 2 aromatic heterocycles. The number of aromatic nitrogens is 4. The van der Waals surface area contributed by atoms with Gasteiger partial charge in [0.15, 0.2) is 5.82 Å². The molecule has 3 aromatic rings. The van der Waals surface area contributed by atoms with Gasteiger partial charge in [-0.1, -0.05) is 18.2 Å². The summed E-state index contributed by atoms with van der Waals surface area (Å²) >= 11 is 1.64. The van der Waals surface area contributed by atoms with E-state index in [1.54, 1.807) is 29.5 Å². The Morgan fingerprint density at radius 3 is 2.76 bits per heavy atom. The summed E-state index contributed by atoms with van der Waals surface area (Å²) in [7, 11) is 0. The number of carbonyl (C=O) groups excluding carboxylic acids is 2. The molecular weight excluding hydrogens is 442 g/mol. The Kier molecular flexibility index (Phi) is 6.42. The highest BCUT2D eigenvalue weighted by Crippen LogP contribution is 2.36. The van der Waals surface area contributed by atoms with Crippen molar-refractivity contribution < 1.29 is 14.3 Å². The van der Waals surface area contributed by atoms with Crippen molar-refractivity contribution in [3.63, 3.8) is 0 Å². The molecule has 1 atom stereocenters. The number of rotatable bonds is 7. The number of morpholine rings is 1. The van der Waals surface area contributed by atoms with Gasteiger partial charge in [0, 0.05) is 35.8 Å². The Morgan fingerprint density at radius 1 is 1.15 bits per heavy atom. The molecule has 1 aliphatic carbocycles. The summed E-state index contributed by atoms with van der Waals surface area (Å²) in [5.41, 5.74) is 1.30. The highest BCUT2D eigenvalue weighted by molar-refractivity contribution is 7.10. The lowest BCUT2D eigenvalue weighted by atomic mass is 10.1. The summed E-state index contributed by atoms with van der Waals surface area (Å²) in [6.45, 7) is 3.26. The third-order valence-corrected chi connectivity index (χ3v) is 6.76. The van der Waals surface area contributed by atoms with Crippen molar-refractivity contribution >= 4 is 28.8 Å². The molecule has 0 bridgehead atoms. The fourth-order valence-electron chi connectivity index (χ4n) is 3.92. The maximum atomic E-state index is 12.6. The second kappa shape index (κ2) is 9.77. The number of amides is 2. The van der Waals surface area contributed by atoms with Crippen LogP contribution in [0.5, 0.6) is 0 Å². The molecule has 1 unspecified atom stereocenters. The molecule has 0 spiro atoms. The van der Waals surface area contributed by atoms with Crippen molar-refractivity contribution in [3.05, 3.63) is 46.7 Å². The van der Waals surface area contributed by atoms with E-state index in [0.29, 0.717) is 37.3 Å². The number of hydrogen-bond donors (Lipinski definition) is 2. The topological polar surface area (TPSA) is 114 Å². The van der Waals surface area contributed by atoms with Gasteiger partial charge in [0.25, 0.3) is 0 Å². The molecule has 10 nitrogen and oxygen atoms in total. The smallest absolute Gasteiger partial charge is 0.313 e. The van der Waals surface area contributed by atoms with Crippen LogP contribution in [0.25, 0.3) is 11.4 Å². The Balaban J connectivity index is 1.22. The average Bonchev–Trinajstić information content (AvgIpc) is 3.32. The van der Waals surface area contributed by atoms with Crippen molar-refractivity contribution in [3.8, 4) is 11.4 Å². The van der Waals surface area contributed by atoms with Crippen LogP contribution in [0, 0.1) is 0 Å². The number of ether oxygens (including phenoxy) is 1. The minimum atomic E-state index is -0.708. The van der Waals surface area contributed by atoms with Crippen LogP contribution in [0.1, 0.15) is 29.8 Å². The standard InChI is InChI=1S/C22H25N7O3S/c30-21(23-14-18(19-5-2-12-33-19)28-8-10-32-11-9-28)22(31)24-16-4-1-3-15(13-16)20-25-26-27-29(20)17-6-7-17/h1-5,12-13,17-18H,6-11,14H2,(H,23,30)(H,24,31). The Hall–Kier alpha value is -3.15. The third-order valence-electron chi connectivity index (χ3n) is 5.78. The zero-order chi connectivity index (χ0) is 22.6. The van der Waals surface area contributed by atoms with Gasteiger partial charge in [-0.3, -0.25) is 14.5 Å². The van der Waals surface area contributed by atoms with E-state index in [1.165, 1.54) is 0 Å². The van der Waals surface area contributed by atoms with Crippen LogP contribution in [-0.2, 0) is 14.3 Å². The number of nitrogens with one attached hydrogen (secondary N) is 2. The number of benzene rings is 1. The molecule has 1 saturated carbocycles. The highest BCUT2D eigenvalue weighted by atomic mass is 32.1. The molecule has 2 fully saturated rings. The molecule has 0 radical (unpaired) electrons. The summed E-state index contributed by atoms with van der Waals surface area (Å²) in [4.78, 5) is 28.6. The summed E-state index contributed by atoms with van der Waals surface area (Å²) in [6.07, 6.45) is 2.12. The van der Waals surface area contributed by atoms with Crippen molar-refractivity contribution in [2.45, 2.75) is 24.9 Å². The fraction of sp³-hybridized carbons (Fsp3) is 0.409. The van der Waals surface area contributed by atoms with E-state index in [-0.39, 0.29) is 6.04 Å². The molecule has 2 amide bonds. The first-order valence-corrected chi connectivity index (χ1v) is 11.9. The maximum absolute atomic E-state index is 12.6. The molecule has 33 heavy (non-hydrogen) atoms. The molecule has 1 aliphatic heterocycles. The summed E-state index contributed by atoms with van der Waals surface area (Å²) in [5.74, 6) is -0.721. The van der Waals surface area contributed by atoms with E-state index in [0.717, 1.165) is 36.4 Å². The van der Waals surface area contributed by atoms with Crippen LogP contribution in [0.3, 0.4) is 0 Å². The van der Waals surface area contributed by atoms with Gasteiger partial charge in [0.1, 0.15) is 0 Å². The second-order valence-electron chi connectivity index (χ2n) is 8.10. The maximum Gasteiger partial charge on any atom is 0.313 e. The molecule has 172 valence electrons. The first-order chi connectivity index (χ1) is 16.2. The van der Waals surface area contributed by atoms with Gasteiger partial charge in [-0.25, -0.2) is 4.68 Å². The second-order valence-corrected chi connectivity index (χ2v) is 9.08. The van der Waals surface area contributed by atoms with Crippen LogP contribution in [0.2, 0.25) is 0 Å². The minimum Gasteiger partial charge on any atom is -0.379 e. The quantitative estimate of drug-likeness (QED) is 0.510. The molecule has 1 saturated heterocycles. The van der Waals surface area contributed by atoms with Crippen LogP contribution < -0.4 is 10.6 Å². The van der Waals surface area contributed by atoms with E-state index in [4.69, 9.17) is 4.74 Å². The lowest BCUT2D eigenvalue weighted by Gasteiger charge is -2.34. The first-order valence-electron chi connectivity index (χ1n) is 11.0. The van der Waals surface area contributed by atoms with Crippen molar-refractivity contribution in [2.24, 2.45) is 0 Å². The van der Waals surface area contributed by atoms with Gasteiger partial charge in [-0.05, 0) is 46.8 Å². The number of tetrazole rings is 1. The van der Waals surface area contributed by atoms with Gasteiger partial charge in [0.05, 0.1) is 25.3 Å². The van der Waals surface area contributed by atoms with Gasteiger partial charge >= 0.3 is 11.8 Å². The SMILES string of the molecule is O=C(NCC(c1cccs1)N1CCOCC1)C(=O)Nc1cccc(-c2nnnn2C2CC2)c1. The van der Waals surface area contributed by atoms with Gasteiger partial charge in [0.2, 0.25) is 0 Å². The highest BCUT2D eigenvalue weighted by Gasteiger charge is 2.28. The number of thiophene rings is 1. The monoisotopic (exact) mass is 467 g/mol. The van der Waals surface area contributed by atoms with E-state index >= 15 is 0 Å². The van der Waals surface area contributed by atoms with E-state index in [9.17, 15) is 9.59 Å². The van der Waals surface area contributed by atoms with Gasteiger partial charge < -0.3 is 15.4 Å². The molecule has 3 heterocycles. The minimum absolute atomic E-state index is 0.00950. The van der Waals surface area contributed by atoms with Crippen LogP contribution in [0.15, 0.2) is 41.8 Å². The molecule has 2 aliphatic rings. The van der Waals surface area contributed by atoms with Gasteiger partial charge in [-0.15, -0.1) is 16.4 Å². The zero-order valence-electron chi connectivity index (χ0n) is 18.0. The van der Waals surface area contributed by atoms with Crippen molar-refractivity contribution in [2.75, 3.05) is 38.2 Å². The van der Waals surface area contributed by atoms with Crippen LogP contribution >= 0.6 is 11.3 Å². The molecular formula is C22H25N7O3S. The number of hydrogen-bond acceptors (Lipinski definition) is 8. The number of anilines is 1. The van der Waals surface area contributed by atoms with E-state index < -0.39 is 11.8 Å². The lowest BCUT2D eigenvalue weighted by molar-refractivity contribution is -0.136. The molecule has 1 aromatic carbocycles. The zero-order valence-corrected chi connectivity index (χ0v) is 18.8. The van der Waals surface area contributed by atoms with Crippen molar-refractivity contribution in [1.82, 2.24) is 30.4 Å². The summed E-state index contributed by atoms with van der Waals surface area (Å²) in [6, 6.07) is 11.6. The van der Waals surface area contributed by atoms with Crippen LogP contribution in [0.4, 0.5) is 5.69 Å². The summed E-state index contributed by atoms with van der Waals surface area (Å²) in [5, 5.41) is 19.5. The van der Waals surface area contributed by atoms with E-state index in [1.807, 2.05) is 22.2 Å². The predicted octanol–water partition coefficient (Wildman–Crippen LogP) is 1.86. The Morgan fingerprint density at radius 2 is 2.00 bits per heavy atom. The molecule has 2 N–H and O–H groups in total. The largest absolute Gasteiger partial charge is 0.379 e. The molecule has 5 rings (SSSR count). The number of nitrogens with zero attached hydrogens (tertiary/aromatic N) is 5. The van der Waals surface area contributed by atoms with Crippen molar-refractivity contribution in [1.29, 1.82) is 0 Å². The van der Waals surface area contributed by atoms with Gasteiger partial charge in [-0.2, -0.15) is 0 Å². The predicted molar refractivity (Wildman–Crippen MR) is 123 cm³/mol. The molecule has 11 heteroatoms. The third kappa shape index (κ3) is 5.10. The van der Waals surface area contributed by atoms with E-state index in [2.05, 4.69) is 37.1 Å². The Labute approximate surface area is 194 Å². The first kappa shape index (κ1) is 21.7. The normalized spacial score (nSPS) is 17.5. The number of carbonyl (C=O) groups is 2. The fourth-order valence-corrected chi connectivity index (χ4v) is 4.78. The average molecular weight is 468 g/mol. The lowest BCUT2D eigenvalue weighted by Crippen LogP contribution is -2.45.